The second-order valence-corrected chi connectivity index (χ2v) is 7.79. The summed E-state index contributed by atoms with van der Waals surface area (Å²) in [5.41, 5.74) is 2.44. The summed E-state index contributed by atoms with van der Waals surface area (Å²) in [6.07, 6.45) is 6.18. The van der Waals surface area contributed by atoms with Crippen LogP contribution in [0.3, 0.4) is 0 Å². The van der Waals surface area contributed by atoms with E-state index in [1.54, 1.807) is 12.4 Å². The summed E-state index contributed by atoms with van der Waals surface area (Å²) < 4.78 is 1.89. The maximum Gasteiger partial charge on any atom is 0.257 e. The van der Waals surface area contributed by atoms with Gasteiger partial charge in [-0.25, -0.2) is 0 Å². The highest BCUT2D eigenvalue weighted by Crippen LogP contribution is 2.31. The van der Waals surface area contributed by atoms with E-state index in [9.17, 15) is 9.59 Å². The maximum absolute atomic E-state index is 13.2. The predicted octanol–water partition coefficient (Wildman–Crippen LogP) is 2.26. The number of aryl methyl sites for hydroxylation is 1. The summed E-state index contributed by atoms with van der Waals surface area (Å²) in [7, 11) is 0. The normalized spacial score (nSPS) is 21.9. The van der Waals surface area contributed by atoms with Crippen LogP contribution in [-0.4, -0.2) is 55.5 Å². The fourth-order valence-electron chi connectivity index (χ4n) is 4.34. The van der Waals surface area contributed by atoms with E-state index in [-0.39, 0.29) is 23.8 Å². The zero-order chi connectivity index (χ0) is 19.7. The Bertz CT molecular complexity index is 863. The topological polar surface area (TPSA) is 71.3 Å². The molecule has 0 N–H and O–H groups in total. The number of amides is 2. The van der Waals surface area contributed by atoms with Crippen LogP contribution in [0.15, 0.2) is 30.6 Å². The van der Waals surface area contributed by atoms with Gasteiger partial charge >= 0.3 is 0 Å². The first-order chi connectivity index (χ1) is 13.6. The van der Waals surface area contributed by atoms with E-state index in [1.165, 1.54) is 0 Å². The Balaban J connectivity index is 1.54. The third-order valence-corrected chi connectivity index (χ3v) is 5.91. The summed E-state index contributed by atoms with van der Waals surface area (Å²) in [5, 5.41) is 4.37. The Morgan fingerprint density at radius 1 is 1.25 bits per heavy atom. The predicted molar refractivity (Wildman–Crippen MR) is 104 cm³/mol. The highest BCUT2D eigenvalue weighted by molar-refractivity contribution is 5.95. The molecule has 0 aromatic carbocycles. The molecule has 0 saturated carbocycles. The molecule has 2 amide bonds. The molecular formula is C21H27N5O2. The molecule has 2 aromatic heterocycles. The molecule has 3 fully saturated rings. The number of carbonyl (C=O) groups excluding carboxylic acids is 2. The Labute approximate surface area is 165 Å². The second kappa shape index (κ2) is 7.73. The van der Waals surface area contributed by atoms with E-state index in [0.29, 0.717) is 25.2 Å². The molecule has 0 spiro atoms. The lowest BCUT2D eigenvalue weighted by atomic mass is 9.94. The number of hydrogen-bond acceptors (Lipinski definition) is 4. The maximum atomic E-state index is 13.2. The lowest BCUT2D eigenvalue weighted by molar-refractivity contribution is -0.140. The van der Waals surface area contributed by atoms with Crippen molar-refractivity contribution in [2.75, 3.05) is 13.1 Å². The SMILES string of the molecule is CCCn1ncc(C(=O)N2CC3CCC(C2)N(Cc2ccccn2)C3=O)c1C. The Kier molecular flexibility index (Phi) is 5.15. The number of rotatable bonds is 5. The molecule has 2 bridgehead atoms. The highest BCUT2D eigenvalue weighted by atomic mass is 16.2. The fraction of sp³-hybridized carbons (Fsp3) is 0.524. The van der Waals surface area contributed by atoms with Crippen molar-refractivity contribution in [3.05, 3.63) is 47.5 Å². The molecule has 7 nitrogen and oxygen atoms in total. The van der Waals surface area contributed by atoms with Crippen LogP contribution in [0.2, 0.25) is 0 Å². The molecule has 3 saturated heterocycles. The van der Waals surface area contributed by atoms with Gasteiger partial charge in [-0.1, -0.05) is 13.0 Å². The molecule has 2 aromatic rings. The summed E-state index contributed by atoms with van der Waals surface area (Å²) in [4.78, 5) is 34.4. The van der Waals surface area contributed by atoms with Gasteiger partial charge in [-0.05, 0) is 38.3 Å². The van der Waals surface area contributed by atoms with Crippen LogP contribution in [0.4, 0.5) is 0 Å². The van der Waals surface area contributed by atoms with Gasteiger partial charge in [0.2, 0.25) is 5.91 Å². The van der Waals surface area contributed by atoms with Gasteiger partial charge in [0.15, 0.2) is 0 Å². The number of pyridine rings is 1. The standard InChI is InChI=1S/C21H27N5O2/c1-3-10-26-15(2)19(11-23-26)21(28)24-12-16-7-8-18(14-24)25(20(16)27)13-17-6-4-5-9-22-17/h4-6,9,11,16,18H,3,7-8,10,12-14H2,1-2H3. The van der Waals surface area contributed by atoms with Crippen LogP contribution in [0.1, 0.15) is 47.9 Å². The van der Waals surface area contributed by atoms with Crippen molar-refractivity contribution in [3.8, 4) is 0 Å². The number of carbonyl (C=O) groups is 2. The molecule has 148 valence electrons. The van der Waals surface area contributed by atoms with E-state index in [4.69, 9.17) is 0 Å². The largest absolute Gasteiger partial charge is 0.336 e. The Morgan fingerprint density at radius 3 is 2.86 bits per heavy atom. The smallest absolute Gasteiger partial charge is 0.257 e. The highest BCUT2D eigenvalue weighted by Gasteiger charge is 2.42. The monoisotopic (exact) mass is 381 g/mol. The molecule has 0 aliphatic carbocycles. The van der Waals surface area contributed by atoms with Gasteiger partial charge in [0, 0.05) is 37.6 Å². The molecule has 3 aliphatic rings. The molecule has 5 rings (SSSR count). The van der Waals surface area contributed by atoms with Crippen LogP contribution in [0.25, 0.3) is 0 Å². The molecule has 28 heavy (non-hydrogen) atoms. The fourth-order valence-corrected chi connectivity index (χ4v) is 4.34. The number of piperidine rings is 1. The van der Waals surface area contributed by atoms with Crippen molar-refractivity contribution < 1.29 is 9.59 Å². The molecule has 7 heteroatoms. The number of aromatic nitrogens is 3. The zero-order valence-corrected chi connectivity index (χ0v) is 16.5. The van der Waals surface area contributed by atoms with Crippen LogP contribution in [-0.2, 0) is 17.9 Å². The van der Waals surface area contributed by atoms with E-state index < -0.39 is 0 Å². The second-order valence-electron chi connectivity index (χ2n) is 7.79. The van der Waals surface area contributed by atoms with Crippen molar-refractivity contribution in [1.29, 1.82) is 0 Å². The van der Waals surface area contributed by atoms with Crippen molar-refractivity contribution in [2.45, 2.75) is 52.2 Å². The summed E-state index contributed by atoms with van der Waals surface area (Å²) in [6, 6.07) is 5.81. The average Bonchev–Trinajstić information content (AvgIpc) is 2.88. The molecule has 0 radical (unpaired) electrons. The molecule has 3 aliphatic heterocycles. The van der Waals surface area contributed by atoms with Gasteiger partial charge in [-0.3, -0.25) is 19.3 Å². The summed E-state index contributed by atoms with van der Waals surface area (Å²) in [6.45, 7) is 6.42. The third-order valence-electron chi connectivity index (χ3n) is 5.91. The quantitative estimate of drug-likeness (QED) is 0.796. The number of nitrogens with zero attached hydrogens (tertiary/aromatic N) is 5. The van der Waals surface area contributed by atoms with Crippen LogP contribution >= 0.6 is 0 Å². The molecular weight excluding hydrogens is 354 g/mol. The number of hydrogen-bond donors (Lipinski definition) is 0. The Hall–Kier alpha value is -2.70. The first kappa shape index (κ1) is 18.7. The zero-order valence-electron chi connectivity index (χ0n) is 16.5. The van der Waals surface area contributed by atoms with E-state index in [2.05, 4.69) is 17.0 Å². The lowest BCUT2D eigenvalue weighted by Gasteiger charge is -2.35. The molecule has 2 unspecified atom stereocenters. The Morgan fingerprint density at radius 2 is 2.11 bits per heavy atom. The molecule has 2 atom stereocenters. The van der Waals surface area contributed by atoms with Gasteiger partial charge in [-0.2, -0.15) is 5.10 Å². The van der Waals surface area contributed by atoms with Crippen molar-refractivity contribution in [2.24, 2.45) is 5.92 Å². The average molecular weight is 381 g/mol. The van der Waals surface area contributed by atoms with E-state index >= 15 is 0 Å². The van der Waals surface area contributed by atoms with Crippen LogP contribution < -0.4 is 0 Å². The van der Waals surface area contributed by atoms with Gasteiger partial charge in [-0.15, -0.1) is 0 Å². The minimum absolute atomic E-state index is 0.00996. The first-order valence-electron chi connectivity index (χ1n) is 10.1. The van der Waals surface area contributed by atoms with E-state index in [0.717, 1.165) is 37.2 Å². The van der Waals surface area contributed by atoms with Crippen LogP contribution in [0, 0.1) is 12.8 Å². The summed E-state index contributed by atoms with van der Waals surface area (Å²) in [5.74, 6) is 0.0113. The van der Waals surface area contributed by atoms with Crippen molar-refractivity contribution >= 4 is 11.8 Å². The van der Waals surface area contributed by atoms with Gasteiger partial charge in [0.05, 0.1) is 29.9 Å². The minimum Gasteiger partial charge on any atom is -0.336 e. The number of fused-ring (bicyclic) bond motifs is 4. The third kappa shape index (κ3) is 3.41. The van der Waals surface area contributed by atoms with Gasteiger partial charge in [0.25, 0.3) is 5.91 Å². The first-order valence-corrected chi connectivity index (χ1v) is 10.1. The lowest BCUT2D eigenvalue weighted by Crippen LogP contribution is -2.47. The van der Waals surface area contributed by atoms with Crippen molar-refractivity contribution in [3.63, 3.8) is 0 Å². The van der Waals surface area contributed by atoms with Crippen molar-refractivity contribution in [1.82, 2.24) is 24.6 Å². The van der Waals surface area contributed by atoms with Gasteiger partial charge in [0.1, 0.15) is 0 Å². The van der Waals surface area contributed by atoms with Gasteiger partial charge < -0.3 is 9.80 Å². The van der Waals surface area contributed by atoms with Crippen LogP contribution in [0.5, 0.6) is 0 Å². The summed E-state index contributed by atoms with van der Waals surface area (Å²) >= 11 is 0. The molecule has 5 heterocycles. The van der Waals surface area contributed by atoms with E-state index in [1.807, 2.05) is 39.6 Å². The minimum atomic E-state index is -0.127.